The fraction of sp³-hybridized carbons (Fsp3) is 0.185. The lowest BCUT2D eigenvalue weighted by Gasteiger charge is -2.34. The van der Waals surface area contributed by atoms with Gasteiger partial charge in [-0.15, -0.1) is 0 Å². The molecular weight excluding hydrogens is 515 g/mol. The molecule has 1 N–H and O–H groups in total. The van der Waals surface area contributed by atoms with Crippen LogP contribution in [0.1, 0.15) is 5.56 Å². The lowest BCUT2D eigenvalue weighted by Crippen LogP contribution is -2.48. The van der Waals surface area contributed by atoms with Gasteiger partial charge in [-0.05, 0) is 47.5 Å². The van der Waals surface area contributed by atoms with E-state index in [2.05, 4.69) is 15.3 Å². The Morgan fingerprint density at radius 3 is 2.03 bits per heavy atom. The second-order valence-electron chi connectivity index (χ2n) is 8.74. The van der Waals surface area contributed by atoms with Gasteiger partial charge >= 0.3 is 6.18 Å². The number of nitrogens with zero attached hydrogens (tertiary/aromatic N) is 4. The van der Waals surface area contributed by atoms with Crippen LogP contribution >= 0.6 is 0 Å². The molecular formula is C27H24F3N5O2S. The maximum atomic E-state index is 13.2. The van der Waals surface area contributed by atoms with Crippen molar-refractivity contribution in [3.8, 4) is 11.1 Å². The Morgan fingerprint density at radius 2 is 1.39 bits per heavy atom. The van der Waals surface area contributed by atoms with E-state index in [-0.39, 0.29) is 18.0 Å². The second kappa shape index (κ2) is 10.4. The quantitative estimate of drug-likeness (QED) is 0.353. The molecule has 1 aliphatic rings. The number of hydrogen-bond donors (Lipinski definition) is 1. The largest absolute Gasteiger partial charge is 0.416 e. The molecule has 1 aromatic heterocycles. The Kier molecular flexibility index (Phi) is 7.04. The van der Waals surface area contributed by atoms with Gasteiger partial charge < -0.3 is 10.2 Å². The molecule has 1 fully saturated rings. The van der Waals surface area contributed by atoms with Crippen LogP contribution in [-0.2, 0) is 16.2 Å². The number of hydrogen-bond acceptors (Lipinski definition) is 6. The molecule has 0 bridgehead atoms. The van der Waals surface area contributed by atoms with E-state index in [1.165, 1.54) is 22.8 Å². The van der Waals surface area contributed by atoms with E-state index >= 15 is 0 Å². The van der Waals surface area contributed by atoms with Crippen molar-refractivity contribution in [2.75, 3.05) is 36.4 Å². The summed E-state index contributed by atoms with van der Waals surface area (Å²) in [5, 5.41) is 2.98. The Labute approximate surface area is 218 Å². The molecule has 7 nitrogen and oxygen atoms in total. The number of piperazine rings is 1. The fourth-order valence-corrected chi connectivity index (χ4v) is 5.66. The van der Waals surface area contributed by atoms with E-state index in [4.69, 9.17) is 0 Å². The van der Waals surface area contributed by atoms with Crippen LogP contribution < -0.4 is 10.2 Å². The van der Waals surface area contributed by atoms with Crippen molar-refractivity contribution in [3.63, 3.8) is 0 Å². The molecule has 3 aromatic carbocycles. The molecule has 0 aliphatic carbocycles. The highest BCUT2D eigenvalue weighted by Crippen LogP contribution is 2.30. The molecule has 2 heterocycles. The molecule has 38 heavy (non-hydrogen) atoms. The maximum Gasteiger partial charge on any atom is 0.416 e. The summed E-state index contributed by atoms with van der Waals surface area (Å²) in [5.41, 5.74) is 1.68. The Bertz CT molecular complexity index is 1490. The minimum absolute atomic E-state index is 0.246. The zero-order chi connectivity index (χ0) is 26.8. The van der Waals surface area contributed by atoms with Crippen LogP contribution in [0.25, 0.3) is 11.1 Å². The predicted octanol–water partition coefficient (Wildman–Crippen LogP) is 5.42. The molecule has 5 rings (SSSR count). The number of alkyl halides is 3. The van der Waals surface area contributed by atoms with Crippen molar-refractivity contribution in [1.82, 2.24) is 14.3 Å². The first-order chi connectivity index (χ1) is 18.2. The van der Waals surface area contributed by atoms with Crippen molar-refractivity contribution < 1.29 is 21.6 Å². The van der Waals surface area contributed by atoms with Crippen LogP contribution in [0.3, 0.4) is 0 Å². The third-order valence-corrected chi connectivity index (χ3v) is 8.21. The summed E-state index contributed by atoms with van der Waals surface area (Å²) in [6, 6.07) is 23.0. The normalized spacial score (nSPS) is 14.9. The van der Waals surface area contributed by atoms with E-state index in [0.717, 1.165) is 23.3 Å². The number of benzene rings is 3. The number of halogens is 3. The van der Waals surface area contributed by atoms with E-state index in [1.54, 1.807) is 18.2 Å². The first kappa shape index (κ1) is 25.7. The second-order valence-corrected chi connectivity index (χ2v) is 10.7. The summed E-state index contributed by atoms with van der Waals surface area (Å²) < 4.78 is 66.3. The molecule has 1 aliphatic heterocycles. The van der Waals surface area contributed by atoms with Gasteiger partial charge in [0.2, 0.25) is 10.0 Å². The lowest BCUT2D eigenvalue weighted by molar-refractivity contribution is -0.137. The van der Waals surface area contributed by atoms with Gasteiger partial charge in [-0.3, -0.25) is 0 Å². The number of anilines is 3. The smallest absolute Gasteiger partial charge is 0.354 e. The molecule has 11 heteroatoms. The van der Waals surface area contributed by atoms with Crippen LogP contribution in [0, 0.1) is 0 Å². The molecule has 0 spiro atoms. The third-order valence-electron chi connectivity index (χ3n) is 6.30. The topological polar surface area (TPSA) is 78.4 Å². The van der Waals surface area contributed by atoms with Crippen LogP contribution in [0.2, 0.25) is 0 Å². The third kappa shape index (κ3) is 5.63. The molecule has 0 amide bonds. The van der Waals surface area contributed by atoms with Crippen LogP contribution in [0.5, 0.6) is 0 Å². The summed E-state index contributed by atoms with van der Waals surface area (Å²) >= 11 is 0. The molecule has 196 valence electrons. The maximum absolute atomic E-state index is 13.2. The van der Waals surface area contributed by atoms with Crippen LogP contribution in [-0.4, -0.2) is 48.9 Å². The van der Waals surface area contributed by atoms with Gasteiger partial charge in [-0.1, -0.05) is 42.5 Å². The molecule has 1 saturated heterocycles. The van der Waals surface area contributed by atoms with Crippen molar-refractivity contribution >= 4 is 27.3 Å². The van der Waals surface area contributed by atoms with Crippen LogP contribution in [0.4, 0.5) is 30.5 Å². The van der Waals surface area contributed by atoms with Gasteiger partial charge in [0.1, 0.15) is 18.0 Å². The van der Waals surface area contributed by atoms with E-state index in [9.17, 15) is 21.6 Å². The van der Waals surface area contributed by atoms with Crippen molar-refractivity contribution in [1.29, 1.82) is 0 Å². The highest BCUT2D eigenvalue weighted by Gasteiger charge is 2.30. The monoisotopic (exact) mass is 539 g/mol. The summed E-state index contributed by atoms with van der Waals surface area (Å²) in [6.07, 6.45) is -3.04. The van der Waals surface area contributed by atoms with Gasteiger partial charge in [-0.2, -0.15) is 17.5 Å². The van der Waals surface area contributed by atoms with E-state index in [1.807, 2.05) is 47.4 Å². The minimum atomic E-state index is -4.40. The Balaban J connectivity index is 1.22. The average molecular weight is 540 g/mol. The number of nitrogens with one attached hydrogen (secondary N) is 1. The average Bonchev–Trinajstić information content (AvgIpc) is 2.94. The van der Waals surface area contributed by atoms with Gasteiger partial charge in [0, 0.05) is 37.9 Å². The van der Waals surface area contributed by atoms with Gasteiger partial charge in [0.15, 0.2) is 0 Å². The molecule has 0 atom stereocenters. The molecule has 0 radical (unpaired) electrons. The number of rotatable bonds is 6. The summed E-state index contributed by atoms with van der Waals surface area (Å²) in [5.74, 6) is 1.02. The van der Waals surface area contributed by atoms with Gasteiger partial charge in [-0.25, -0.2) is 18.4 Å². The van der Waals surface area contributed by atoms with Crippen LogP contribution in [0.15, 0.2) is 96.2 Å². The van der Waals surface area contributed by atoms with Crippen molar-refractivity contribution in [2.24, 2.45) is 0 Å². The molecule has 0 unspecified atom stereocenters. The Morgan fingerprint density at radius 1 is 0.763 bits per heavy atom. The number of sulfonamides is 1. The SMILES string of the molecule is O=S(=O)(c1ccc(-c2ccccc2)cc1)N1CCN(c2cc(Nc3ccc(C(F)(F)F)cc3)ncn2)CC1. The Hall–Kier alpha value is -3.96. The number of aromatic nitrogens is 2. The van der Waals surface area contributed by atoms with Crippen molar-refractivity contribution in [3.05, 3.63) is 96.8 Å². The first-order valence-corrected chi connectivity index (χ1v) is 13.3. The standard InChI is InChI=1S/C27H24F3N5O2S/c28-27(29,30)22-8-10-23(11-9-22)33-25-18-26(32-19-31-25)34-14-16-35(17-15-34)38(36,37)24-12-6-21(7-13-24)20-4-2-1-3-5-20/h1-13,18-19H,14-17H2,(H,31,32,33). The first-order valence-electron chi connectivity index (χ1n) is 11.9. The summed E-state index contributed by atoms with van der Waals surface area (Å²) in [7, 11) is -3.65. The summed E-state index contributed by atoms with van der Waals surface area (Å²) in [4.78, 5) is 10.6. The predicted molar refractivity (Wildman–Crippen MR) is 140 cm³/mol. The zero-order valence-corrected chi connectivity index (χ0v) is 21.0. The summed E-state index contributed by atoms with van der Waals surface area (Å²) in [6.45, 7) is 1.43. The molecule has 0 saturated carbocycles. The highest BCUT2D eigenvalue weighted by molar-refractivity contribution is 7.89. The molecule has 4 aromatic rings. The fourth-order valence-electron chi connectivity index (χ4n) is 4.24. The van der Waals surface area contributed by atoms with Gasteiger partial charge in [0.05, 0.1) is 10.5 Å². The van der Waals surface area contributed by atoms with Crippen molar-refractivity contribution in [2.45, 2.75) is 11.1 Å². The lowest BCUT2D eigenvalue weighted by atomic mass is 10.1. The highest BCUT2D eigenvalue weighted by atomic mass is 32.2. The van der Waals surface area contributed by atoms with Gasteiger partial charge in [0.25, 0.3) is 0 Å². The van der Waals surface area contributed by atoms with E-state index < -0.39 is 21.8 Å². The van der Waals surface area contributed by atoms with E-state index in [0.29, 0.717) is 30.4 Å². The zero-order valence-electron chi connectivity index (χ0n) is 20.1. The minimum Gasteiger partial charge on any atom is -0.354 e.